The lowest BCUT2D eigenvalue weighted by atomic mass is 10.0. The Bertz CT molecular complexity index is 1340. The van der Waals surface area contributed by atoms with Gasteiger partial charge in [-0.1, -0.05) is 195 Å². The number of unbranched alkanes of at least 4 members (excludes halogenated alkanes) is 17. The zero-order valence-corrected chi connectivity index (χ0v) is 41.9. The van der Waals surface area contributed by atoms with E-state index in [9.17, 15) is 19.4 Å². The molecule has 1 amide bonds. The molecule has 8 nitrogen and oxygen atoms in total. The number of rotatable bonds is 44. The van der Waals surface area contributed by atoms with Crippen LogP contribution in [-0.4, -0.2) is 73.4 Å². The number of likely N-dealkylation sites (N-methyl/N-ethyl adjacent to an activating group) is 1. The summed E-state index contributed by atoms with van der Waals surface area (Å²) in [5.74, 6) is -0.215. The first-order valence-electron chi connectivity index (χ1n) is 25.1. The standard InChI is InChI=1S/C54H95N2O6P/c1-6-8-10-12-14-16-18-20-22-24-26-27-28-29-30-32-34-36-38-40-42-44-46-48-54(58)55-52(51-62-63(59,60)61-50-49-56(3,4)5)53(57)47-45-43-41-39-37-35-33-31-25-23-21-19-17-15-13-11-9-7-2/h8,10,14,16,20,22,26-27,29-30,34,36-37,39,45,47,52-53,57H,6-7,9,11-13,15,17-19,21,23-25,28,31-33,35,38,40-44,46,48-51H2,1-5H3,(H-,55,58,59,60)/p+1/b10-8-,16-14-,22-20-,27-26-,30-29-,36-34-,39-37+,47-45+. The first kappa shape index (κ1) is 60.4. The Morgan fingerprint density at radius 2 is 0.968 bits per heavy atom. The summed E-state index contributed by atoms with van der Waals surface area (Å²) in [6, 6.07) is -0.884. The highest BCUT2D eigenvalue weighted by molar-refractivity contribution is 7.47. The molecule has 0 aliphatic carbocycles. The van der Waals surface area contributed by atoms with Crippen molar-refractivity contribution in [3.63, 3.8) is 0 Å². The van der Waals surface area contributed by atoms with Gasteiger partial charge in [0.2, 0.25) is 5.91 Å². The number of carbonyl (C=O) groups excluding carboxylic acids is 1. The van der Waals surface area contributed by atoms with Gasteiger partial charge in [-0.15, -0.1) is 0 Å². The van der Waals surface area contributed by atoms with E-state index in [1.165, 1.54) is 77.0 Å². The highest BCUT2D eigenvalue weighted by Gasteiger charge is 2.27. The molecule has 3 N–H and O–H groups in total. The number of hydrogen-bond acceptors (Lipinski definition) is 5. The fourth-order valence-electron chi connectivity index (χ4n) is 6.59. The topological polar surface area (TPSA) is 105 Å². The van der Waals surface area contributed by atoms with Crippen LogP contribution in [0.25, 0.3) is 0 Å². The second kappa shape index (κ2) is 44.6. The number of nitrogens with zero attached hydrogens (tertiary/aromatic N) is 1. The Morgan fingerprint density at radius 1 is 0.556 bits per heavy atom. The van der Waals surface area contributed by atoms with Gasteiger partial charge in [0.05, 0.1) is 39.9 Å². The van der Waals surface area contributed by atoms with Gasteiger partial charge < -0.3 is 19.8 Å². The lowest BCUT2D eigenvalue weighted by molar-refractivity contribution is -0.870. The Kier molecular flexibility index (Phi) is 42.8. The highest BCUT2D eigenvalue weighted by Crippen LogP contribution is 2.43. The van der Waals surface area contributed by atoms with E-state index < -0.39 is 20.0 Å². The number of allylic oxidation sites excluding steroid dienone is 15. The van der Waals surface area contributed by atoms with E-state index in [1.54, 1.807) is 6.08 Å². The van der Waals surface area contributed by atoms with Crippen molar-refractivity contribution in [2.75, 3.05) is 40.9 Å². The zero-order valence-electron chi connectivity index (χ0n) is 41.0. The number of hydrogen-bond donors (Lipinski definition) is 3. The van der Waals surface area contributed by atoms with Gasteiger partial charge in [-0.05, 0) is 83.5 Å². The average Bonchev–Trinajstić information content (AvgIpc) is 3.24. The van der Waals surface area contributed by atoms with Crippen LogP contribution in [0, 0.1) is 0 Å². The Balaban J connectivity index is 4.46. The van der Waals surface area contributed by atoms with E-state index in [0.717, 1.165) is 89.9 Å². The maximum absolute atomic E-state index is 12.9. The summed E-state index contributed by atoms with van der Waals surface area (Å²) in [5, 5.41) is 13.8. The van der Waals surface area contributed by atoms with Gasteiger partial charge >= 0.3 is 7.82 Å². The lowest BCUT2D eigenvalue weighted by Gasteiger charge is -2.25. The molecular weight excluding hydrogens is 804 g/mol. The summed E-state index contributed by atoms with van der Waals surface area (Å²) >= 11 is 0. The molecule has 0 saturated heterocycles. The summed E-state index contributed by atoms with van der Waals surface area (Å²) in [4.78, 5) is 23.2. The second-order valence-electron chi connectivity index (χ2n) is 17.8. The van der Waals surface area contributed by atoms with Crippen LogP contribution >= 0.6 is 7.82 Å². The number of phosphoric acid groups is 1. The van der Waals surface area contributed by atoms with Crippen molar-refractivity contribution < 1.29 is 32.9 Å². The summed E-state index contributed by atoms with van der Waals surface area (Å²) in [5.41, 5.74) is 0. The minimum Gasteiger partial charge on any atom is -0.387 e. The van der Waals surface area contributed by atoms with Gasteiger partial charge in [-0.2, -0.15) is 0 Å². The molecule has 0 aromatic carbocycles. The van der Waals surface area contributed by atoms with Gasteiger partial charge in [-0.3, -0.25) is 13.8 Å². The van der Waals surface area contributed by atoms with E-state index in [2.05, 4.69) is 104 Å². The first-order chi connectivity index (χ1) is 30.5. The Hall–Kier alpha value is -2.58. The van der Waals surface area contributed by atoms with E-state index in [1.807, 2.05) is 27.2 Å². The molecule has 362 valence electrons. The number of phosphoric ester groups is 1. The summed E-state index contributed by atoms with van der Waals surface area (Å²) in [6.45, 7) is 4.64. The SMILES string of the molecule is CC/C=C\C/C=C\C/C=C\C/C=C\C/C=C\C/C=C\CCCCCCC(=O)NC(COP(=O)(O)OCC[N+](C)(C)C)C(O)/C=C/CC/C=C/CCCCCCCCCCCCCC. The molecule has 0 aliphatic heterocycles. The van der Waals surface area contributed by atoms with Crippen molar-refractivity contribution in [3.05, 3.63) is 97.2 Å². The van der Waals surface area contributed by atoms with Crippen molar-refractivity contribution in [2.24, 2.45) is 0 Å². The van der Waals surface area contributed by atoms with Gasteiger partial charge in [0, 0.05) is 6.42 Å². The van der Waals surface area contributed by atoms with Crippen molar-refractivity contribution in [3.8, 4) is 0 Å². The highest BCUT2D eigenvalue weighted by atomic mass is 31.2. The van der Waals surface area contributed by atoms with Crippen LogP contribution in [-0.2, 0) is 18.4 Å². The molecule has 3 atom stereocenters. The third-order valence-corrected chi connectivity index (χ3v) is 11.5. The van der Waals surface area contributed by atoms with Crippen LogP contribution in [0.5, 0.6) is 0 Å². The number of quaternary nitrogens is 1. The molecule has 0 aliphatic rings. The molecule has 9 heteroatoms. The molecule has 0 heterocycles. The minimum atomic E-state index is -4.36. The molecule has 0 aromatic rings. The molecule has 63 heavy (non-hydrogen) atoms. The number of nitrogens with one attached hydrogen (secondary N) is 1. The van der Waals surface area contributed by atoms with Crippen molar-refractivity contribution in [1.82, 2.24) is 5.32 Å². The van der Waals surface area contributed by atoms with Crippen molar-refractivity contribution in [2.45, 2.75) is 199 Å². The third kappa shape index (κ3) is 47.2. The van der Waals surface area contributed by atoms with E-state index in [-0.39, 0.29) is 19.1 Å². The van der Waals surface area contributed by atoms with Crippen LogP contribution in [0.2, 0.25) is 0 Å². The lowest BCUT2D eigenvalue weighted by Crippen LogP contribution is -2.45. The first-order valence-corrected chi connectivity index (χ1v) is 26.6. The van der Waals surface area contributed by atoms with Gasteiger partial charge in [0.15, 0.2) is 0 Å². The number of aliphatic hydroxyl groups is 1. The minimum absolute atomic E-state index is 0.0453. The molecule has 0 rings (SSSR count). The average molecular weight is 900 g/mol. The fourth-order valence-corrected chi connectivity index (χ4v) is 7.32. The predicted octanol–water partition coefficient (Wildman–Crippen LogP) is 14.7. The summed E-state index contributed by atoms with van der Waals surface area (Å²) in [7, 11) is 1.52. The number of carbonyl (C=O) groups is 1. The van der Waals surface area contributed by atoms with Gasteiger partial charge in [0.25, 0.3) is 0 Å². The smallest absolute Gasteiger partial charge is 0.387 e. The molecular formula is C54H96N2O6P+. The maximum Gasteiger partial charge on any atom is 0.472 e. The molecule has 0 aromatic heterocycles. The van der Waals surface area contributed by atoms with E-state index >= 15 is 0 Å². The van der Waals surface area contributed by atoms with Gasteiger partial charge in [0.1, 0.15) is 13.2 Å². The van der Waals surface area contributed by atoms with E-state index in [0.29, 0.717) is 17.4 Å². The van der Waals surface area contributed by atoms with E-state index in [4.69, 9.17) is 9.05 Å². The number of amides is 1. The van der Waals surface area contributed by atoms with Gasteiger partial charge in [-0.25, -0.2) is 4.57 Å². The molecule has 0 fully saturated rings. The summed E-state index contributed by atoms with van der Waals surface area (Å²) in [6.07, 6.45) is 63.4. The van der Waals surface area contributed by atoms with Crippen molar-refractivity contribution in [1.29, 1.82) is 0 Å². The quantitative estimate of drug-likeness (QED) is 0.0243. The zero-order chi connectivity index (χ0) is 46.4. The molecule has 0 saturated carbocycles. The van der Waals surface area contributed by atoms with Crippen LogP contribution < -0.4 is 5.32 Å². The van der Waals surface area contributed by atoms with Crippen LogP contribution in [0.4, 0.5) is 0 Å². The largest absolute Gasteiger partial charge is 0.472 e. The maximum atomic E-state index is 12.9. The van der Waals surface area contributed by atoms with Crippen molar-refractivity contribution >= 4 is 13.7 Å². The molecule has 0 radical (unpaired) electrons. The molecule has 0 spiro atoms. The third-order valence-electron chi connectivity index (χ3n) is 10.5. The Labute approximate surface area is 388 Å². The van der Waals surface area contributed by atoms with Crippen LogP contribution in [0.3, 0.4) is 0 Å². The predicted molar refractivity (Wildman–Crippen MR) is 272 cm³/mol. The second-order valence-corrected chi connectivity index (χ2v) is 19.3. The van der Waals surface area contributed by atoms with Crippen LogP contribution in [0.15, 0.2) is 97.2 Å². The normalized spacial score (nSPS) is 15.0. The summed E-state index contributed by atoms with van der Waals surface area (Å²) < 4.78 is 23.6. The Morgan fingerprint density at radius 3 is 1.46 bits per heavy atom. The molecule has 3 unspecified atom stereocenters. The monoisotopic (exact) mass is 900 g/mol. The van der Waals surface area contributed by atoms with Crippen LogP contribution in [0.1, 0.15) is 187 Å². The molecule has 0 bridgehead atoms. The number of aliphatic hydroxyl groups excluding tert-OH is 1. The fraction of sp³-hybridized carbons (Fsp3) is 0.685.